The maximum absolute atomic E-state index is 12.8. The lowest BCUT2D eigenvalue weighted by Gasteiger charge is -2.26. The van der Waals surface area contributed by atoms with Crippen molar-refractivity contribution in [2.75, 3.05) is 26.3 Å². The largest absolute Gasteiger partial charge is 0.379 e. The fourth-order valence-corrected chi connectivity index (χ4v) is 4.81. The van der Waals surface area contributed by atoms with Crippen LogP contribution in [0.1, 0.15) is 35.3 Å². The average Bonchev–Trinajstić information content (AvgIpc) is 2.73. The molecule has 0 aliphatic carbocycles. The van der Waals surface area contributed by atoms with Crippen LogP contribution in [0.15, 0.2) is 57.9 Å². The maximum atomic E-state index is 12.8. The first-order valence-corrected chi connectivity index (χ1v) is 11.4. The minimum atomic E-state index is -3.64. The number of amides is 1. The lowest BCUT2D eigenvalue weighted by atomic mass is 10.0. The van der Waals surface area contributed by atoms with E-state index < -0.39 is 10.0 Å². The van der Waals surface area contributed by atoms with Crippen LogP contribution in [0.5, 0.6) is 0 Å². The SMILES string of the molecule is CCC(NC(=O)c1cccc(S(=O)(=O)N2CCOCC2)c1)c1ccc(Br)cc1. The van der Waals surface area contributed by atoms with Gasteiger partial charge in [0.2, 0.25) is 10.0 Å². The monoisotopic (exact) mass is 466 g/mol. The summed E-state index contributed by atoms with van der Waals surface area (Å²) in [6.45, 7) is 3.39. The predicted molar refractivity (Wildman–Crippen MR) is 111 cm³/mol. The van der Waals surface area contributed by atoms with Crippen molar-refractivity contribution in [1.29, 1.82) is 0 Å². The highest BCUT2D eigenvalue weighted by Gasteiger charge is 2.27. The topological polar surface area (TPSA) is 75.7 Å². The van der Waals surface area contributed by atoms with E-state index in [1.807, 2.05) is 31.2 Å². The second kappa shape index (κ2) is 9.17. The maximum Gasteiger partial charge on any atom is 0.251 e. The molecule has 1 saturated heterocycles. The summed E-state index contributed by atoms with van der Waals surface area (Å²) in [6, 6.07) is 13.8. The van der Waals surface area contributed by atoms with Gasteiger partial charge in [-0.15, -0.1) is 0 Å². The van der Waals surface area contributed by atoms with E-state index in [0.717, 1.165) is 16.5 Å². The number of halogens is 1. The number of carbonyl (C=O) groups excluding carboxylic acids is 1. The molecule has 0 spiro atoms. The first-order valence-electron chi connectivity index (χ1n) is 9.16. The van der Waals surface area contributed by atoms with Crippen LogP contribution < -0.4 is 5.32 Å². The Kier molecular flexibility index (Phi) is 6.87. The number of sulfonamides is 1. The molecule has 1 fully saturated rings. The van der Waals surface area contributed by atoms with E-state index in [1.54, 1.807) is 12.1 Å². The van der Waals surface area contributed by atoms with E-state index in [4.69, 9.17) is 4.74 Å². The molecule has 1 atom stereocenters. The van der Waals surface area contributed by atoms with E-state index in [1.165, 1.54) is 16.4 Å². The number of ether oxygens (including phenoxy) is 1. The molecule has 1 heterocycles. The van der Waals surface area contributed by atoms with Gasteiger partial charge in [0.1, 0.15) is 0 Å². The van der Waals surface area contributed by atoms with Gasteiger partial charge < -0.3 is 10.1 Å². The Hall–Kier alpha value is -1.74. The fourth-order valence-electron chi connectivity index (χ4n) is 3.09. The summed E-state index contributed by atoms with van der Waals surface area (Å²) in [4.78, 5) is 12.9. The molecule has 2 aromatic rings. The highest BCUT2D eigenvalue weighted by molar-refractivity contribution is 9.10. The predicted octanol–water partition coefficient (Wildman–Crippen LogP) is 3.35. The Bertz CT molecular complexity index is 925. The summed E-state index contributed by atoms with van der Waals surface area (Å²) < 4.78 is 33.2. The molecule has 28 heavy (non-hydrogen) atoms. The second-order valence-corrected chi connectivity index (χ2v) is 9.38. The summed E-state index contributed by atoms with van der Waals surface area (Å²) in [6.07, 6.45) is 0.721. The van der Waals surface area contributed by atoms with Crippen LogP contribution in [0.3, 0.4) is 0 Å². The quantitative estimate of drug-likeness (QED) is 0.707. The molecular weight excluding hydrogens is 444 g/mol. The zero-order valence-electron chi connectivity index (χ0n) is 15.6. The third-order valence-corrected chi connectivity index (χ3v) is 7.11. The van der Waals surface area contributed by atoms with Crippen LogP contribution in [0.25, 0.3) is 0 Å². The van der Waals surface area contributed by atoms with Crippen LogP contribution >= 0.6 is 15.9 Å². The number of carbonyl (C=O) groups is 1. The summed E-state index contributed by atoms with van der Waals surface area (Å²) in [5, 5.41) is 2.99. The van der Waals surface area contributed by atoms with Crippen LogP contribution in [-0.4, -0.2) is 44.9 Å². The van der Waals surface area contributed by atoms with Crippen molar-refractivity contribution in [3.8, 4) is 0 Å². The highest BCUT2D eigenvalue weighted by atomic mass is 79.9. The van der Waals surface area contributed by atoms with Gasteiger partial charge >= 0.3 is 0 Å². The lowest BCUT2D eigenvalue weighted by Crippen LogP contribution is -2.40. The molecule has 6 nitrogen and oxygen atoms in total. The van der Waals surface area contributed by atoms with Crippen molar-refractivity contribution in [2.24, 2.45) is 0 Å². The molecule has 0 aromatic heterocycles. The Morgan fingerprint density at radius 1 is 1.18 bits per heavy atom. The minimum absolute atomic E-state index is 0.124. The molecule has 3 rings (SSSR count). The molecule has 8 heteroatoms. The molecule has 2 aromatic carbocycles. The van der Waals surface area contributed by atoms with Crippen molar-refractivity contribution in [2.45, 2.75) is 24.3 Å². The molecule has 1 amide bonds. The zero-order valence-corrected chi connectivity index (χ0v) is 18.0. The van der Waals surface area contributed by atoms with Crippen molar-refractivity contribution in [3.63, 3.8) is 0 Å². The molecule has 0 saturated carbocycles. The minimum Gasteiger partial charge on any atom is -0.379 e. The Balaban J connectivity index is 1.78. The first-order chi connectivity index (χ1) is 13.4. The van der Waals surface area contributed by atoms with Gasteiger partial charge in [0.05, 0.1) is 24.2 Å². The lowest BCUT2D eigenvalue weighted by molar-refractivity contribution is 0.0730. The normalized spacial score (nSPS) is 16.5. The van der Waals surface area contributed by atoms with E-state index in [0.29, 0.717) is 31.9 Å². The molecule has 1 aliphatic rings. The third kappa shape index (κ3) is 4.81. The number of morpholine rings is 1. The molecule has 0 bridgehead atoms. The number of nitrogens with one attached hydrogen (secondary N) is 1. The Labute approximate surface area is 174 Å². The smallest absolute Gasteiger partial charge is 0.251 e. The standard InChI is InChI=1S/C20H23BrN2O4S/c1-2-19(15-6-8-17(21)9-7-15)22-20(24)16-4-3-5-18(14-16)28(25,26)23-10-12-27-13-11-23/h3-9,14,19H,2,10-13H2,1H3,(H,22,24). The van der Waals surface area contributed by atoms with Gasteiger partial charge in [-0.25, -0.2) is 8.42 Å². The van der Waals surface area contributed by atoms with E-state index in [2.05, 4.69) is 21.2 Å². The molecular formula is C20H23BrN2O4S. The zero-order chi connectivity index (χ0) is 20.1. The molecule has 1 unspecified atom stereocenters. The van der Waals surface area contributed by atoms with Crippen LogP contribution in [0.4, 0.5) is 0 Å². The molecule has 150 valence electrons. The van der Waals surface area contributed by atoms with Gasteiger partial charge in [-0.05, 0) is 42.3 Å². The fraction of sp³-hybridized carbons (Fsp3) is 0.350. The summed E-state index contributed by atoms with van der Waals surface area (Å²) in [7, 11) is -3.64. The summed E-state index contributed by atoms with van der Waals surface area (Å²) in [5.41, 5.74) is 1.32. The van der Waals surface area contributed by atoms with Gasteiger partial charge in [-0.1, -0.05) is 41.1 Å². The second-order valence-electron chi connectivity index (χ2n) is 6.53. The number of hydrogen-bond acceptors (Lipinski definition) is 4. The molecule has 0 radical (unpaired) electrons. The van der Waals surface area contributed by atoms with Gasteiger partial charge in [0.15, 0.2) is 0 Å². The van der Waals surface area contributed by atoms with Crippen molar-refractivity contribution in [3.05, 3.63) is 64.1 Å². The first kappa shape index (κ1) is 21.0. The van der Waals surface area contributed by atoms with Gasteiger partial charge in [0.25, 0.3) is 5.91 Å². The highest BCUT2D eigenvalue weighted by Crippen LogP contribution is 2.22. The van der Waals surface area contributed by atoms with E-state index >= 15 is 0 Å². The molecule has 1 aliphatic heterocycles. The summed E-state index contributed by atoms with van der Waals surface area (Å²) in [5.74, 6) is -0.297. The van der Waals surface area contributed by atoms with Crippen molar-refractivity contribution >= 4 is 31.9 Å². The van der Waals surface area contributed by atoms with E-state index in [-0.39, 0.29) is 16.8 Å². The third-order valence-electron chi connectivity index (χ3n) is 4.69. The van der Waals surface area contributed by atoms with Gasteiger partial charge in [0, 0.05) is 23.1 Å². The van der Waals surface area contributed by atoms with Crippen LogP contribution in [0.2, 0.25) is 0 Å². The van der Waals surface area contributed by atoms with Crippen molar-refractivity contribution in [1.82, 2.24) is 9.62 Å². The Morgan fingerprint density at radius 3 is 2.50 bits per heavy atom. The Morgan fingerprint density at radius 2 is 1.86 bits per heavy atom. The number of nitrogens with zero attached hydrogens (tertiary/aromatic N) is 1. The molecule has 1 N–H and O–H groups in total. The number of benzene rings is 2. The number of hydrogen-bond donors (Lipinski definition) is 1. The van der Waals surface area contributed by atoms with Gasteiger partial charge in [-0.3, -0.25) is 4.79 Å². The van der Waals surface area contributed by atoms with Crippen LogP contribution in [0, 0.1) is 0 Å². The summed E-state index contributed by atoms with van der Waals surface area (Å²) >= 11 is 3.41. The van der Waals surface area contributed by atoms with Crippen LogP contribution in [-0.2, 0) is 14.8 Å². The van der Waals surface area contributed by atoms with Crippen molar-refractivity contribution < 1.29 is 17.9 Å². The number of rotatable bonds is 6. The average molecular weight is 467 g/mol. The van der Waals surface area contributed by atoms with E-state index in [9.17, 15) is 13.2 Å². The van der Waals surface area contributed by atoms with Gasteiger partial charge in [-0.2, -0.15) is 4.31 Å².